The Morgan fingerprint density at radius 2 is 2.07 bits per heavy atom. The van der Waals surface area contributed by atoms with Crippen LogP contribution in [0.15, 0.2) is 24.4 Å². The Balaban J connectivity index is 1.77. The molecule has 0 bridgehead atoms. The van der Waals surface area contributed by atoms with Crippen LogP contribution >= 0.6 is 0 Å². The van der Waals surface area contributed by atoms with Gasteiger partial charge in [0, 0.05) is 18.2 Å². The molecule has 1 N–H and O–H groups in total. The van der Waals surface area contributed by atoms with Gasteiger partial charge in [-0.1, -0.05) is 20.3 Å². The molecule has 6 nitrogen and oxygen atoms in total. The fourth-order valence-corrected chi connectivity index (χ4v) is 3.25. The summed E-state index contributed by atoms with van der Waals surface area (Å²) in [6.45, 7) is 6.61. The first kappa shape index (κ1) is 20.0. The van der Waals surface area contributed by atoms with E-state index in [9.17, 15) is 18.4 Å². The molecule has 0 fully saturated rings. The Labute approximate surface area is 162 Å². The minimum absolute atomic E-state index is 0.0196. The molecule has 3 rings (SSSR count). The quantitative estimate of drug-likeness (QED) is 0.778. The first-order chi connectivity index (χ1) is 13.3. The van der Waals surface area contributed by atoms with Crippen LogP contribution in [-0.4, -0.2) is 32.5 Å². The molecule has 1 aromatic heterocycles. The van der Waals surface area contributed by atoms with E-state index in [0.29, 0.717) is 24.2 Å². The lowest BCUT2D eigenvalue weighted by Crippen LogP contribution is -2.47. The Hall–Kier alpha value is -2.77. The highest BCUT2D eigenvalue weighted by Crippen LogP contribution is 2.24. The van der Waals surface area contributed by atoms with Crippen molar-refractivity contribution >= 4 is 17.5 Å². The van der Waals surface area contributed by atoms with Crippen LogP contribution in [0.1, 0.15) is 49.7 Å². The van der Waals surface area contributed by atoms with Gasteiger partial charge in [0.05, 0.1) is 36.6 Å². The van der Waals surface area contributed by atoms with Crippen molar-refractivity contribution in [3.05, 3.63) is 47.3 Å². The van der Waals surface area contributed by atoms with E-state index in [2.05, 4.69) is 10.4 Å². The topological polar surface area (TPSA) is 67.2 Å². The summed E-state index contributed by atoms with van der Waals surface area (Å²) in [6.07, 6.45) is 2.92. The molecule has 0 unspecified atom stereocenters. The Bertz CT molecular complexity index is 896. The second kappa shape index (κ2) is 8.08. The first-order valence-electron chi connectivity index (χ1n) is 9.40. The monoisotopic (exact) mass is 390 g/mol. The van der Waals surface area contributed by atoms with Gasteiger partial charge < -0.3 is 10.2 Å². The van der Waals surface area contributed by atoms with Crippen molar-refractivity contribution in [2.45, 2.75) is 52.7 Å². The number of nitrogens with zero attached hydrogens (tertiary/aromatic N) is 3. The molecule has 0 spiro atoms. The van der Waals surface area contributed by atoms with E-state index in [0.717, 1.165) is 18.6 Å². The van der Waals surface area contributed by atoms with E-state index >= 15 is 0 Å². The normalized spacial score (nSPS) is 17.2. The highest BCUT2D eigenvalue weighted by atomic mass is 19.2. The van der Waals surface area contributed by atoms with Crippen molar-refractivity contribution in [3.8, 4) is 0 Å². The predicted molar refractivity (Wildman–Crippen MR) is 101 cm³/mol. The number of halogens is 2. The number of ketones is 1. The van der Waals surface area contributed by atoms with Gasteiger partial charge in [-0.2, -0.15) is 5.10 Å². The number of carbonyl (C=O) groups excluding carboxylic acids is 2. The van der Waals surface area contributed by atoms with Crippen LogP contribution in [0.4, 0.5) is 19.3 Å². The van der Waals surface area contributed by atoms with Crippen LogP contribution in [0.5, 0.6) is 0 Å². The molecule has 150 valence electrons. The third-order valence-electron chi connectivity index (χ3n) is 5.20. The number of aromatic nitrogens is 2. The van der Waals surface area contributed by atoms with Gasteiger partial charge in [0.1, 0.15) is 0 Å². The molecule has 2 amide bonds. The summed E-state index contributed by atoms with van der Waals surface area (Å²) in [5.74, 6) is -1.71. The molecule has 0 saturated heterocycles. The number of amides is 2. The highest BCUT2D eigenvalue weighted by molar-refractivity contribution is 5.97. The second-order valence-electron chi connectivity index (χ2n) is 7.36. The molecule has 2 heterocycles. The summed E-state index contributed by atoms with van der Waals surface area (Å²) in [7, 11) is 0. The smallest absolute Gasteiger partial charge is 0.314 e. The molecule has 0 radical (unpaired) electrons. The molecular weight excluding hydrogens is 366 g/mol. The van der Waals surface area contributed by atoms with Crippen molar-refractivity contribution in [1.29, 1.82) is 0 Å². The maximum atomic E-state index is 13.4. The molecule has 1 aliphatic rings. The number of hydrogen-bond acceptors (Lipinski definition) is 3. The maximum Gasteiger partial charge on any atom is 0.322 e. The van der Waals surface area contributed by atoms with Gasteiger partial charge >= 0.3 is 6.03 Å². The molecule has 0 saturated carbocycles. The van der Waals surface area contributed by atoms with E-state index in [1.165, 1.54) is 6.07 Å². The van der Waals surface area contributed by atoms with Crippen LogP contribution in [-0.2, 0) is 13.1 Å². The van der Waals surface area contributed by atoms with E-state index < -0.39 is 17.7 Å². The lowest BCUT2D eigenvalue weighted by molar-refractivity contribution is 0.0958. The zero-order valence-corrected chi connectivity index (χ0v) is 16.2. The van der Waals surface area contributed by atoms with Gasteiger partial charge in [-0.25, -0.2) is 13.6 Å². The van der Waals surface area contributed by atoms with Gasteiger partial charge in [-0.05, 0) is 25.0 Å². The van der Waals surface area contributed by atoms with Gasteiger partial charge in [0.2, 0.25) is 0 Å². The van der Waals surface area contributed by atoms with Crippen molar-refractivity contribution in [2.75, 3.05) is 5.32 Å². The number of urea groups is 1. The predicted octanol–water partition coefficient (Wildman–Crippen LogP) is 4.22. The summed E-state index contributed by atoms with van der Waals surface area (Å²) in [5.41, 5.74) is 1.41. The maximum absolute atomic E-state index is 13.4. The number of hydrogen-bond donors (Lipinski definition) is 1. The highest BCUT2D eigenvalue weighted by Gasteiger charge is 2.31. The lowest BCUT2D eigenvalue weighted by Gasteiger charge is -2.34. The number of carbonyl (C=O) groups is 2. The largest absolute Gasteiger partial charge is 0.322 e. The number of nitrogens with one attached hydrogen (secondary N) is 1. The zero-order valence-electron chi connectivity index (χ0n) is 16.2. The average molecular weight is 390 g/mol. The average Bonchev–Trinajstić information content (AvgIpc) is 3.06. The summed E-state index contributed by atoms with van der Waals surface area (Å²) >= 11 is 0. The summed E-state index contributed by atoms with van der Waals surface area (Å²) in [6, 6.07) is 2.59. The minimum Gasteiger partial charge on any atom is -0.314 e. The summed E-state index contributed by atoms with van der Waals surface area (Å²) in [4.78, 5) is 26.9. The second-order valence-corrected chi connectivity index (χ2v) is 7.36. The van der Waals surface area contributed by atoms with Crippen LogP contribution in [0.2, 0.25) is 0 Å². The van der Waals surface area contributed by atoms with Gasteiger partial charge in [-0.15, -0.1) is 0 Å². The van der Waals surface area contributed by atoms with E-state index in [1.807, 2.05) is 20.8 Å². The Kier molecular flexibility index (Phi) is 5.76. The molecule has 2 aromatic rings. The van der Waals surface area contributed by atoms with Crippen molar-refractivity contribution < 1.29 is 18.4 Å². The van der Waals surface area contributed by atoms with Gasteiger partial charge in [0.15, 0.2) is 17.4 Å². The number of fused-ring (bicyclic) bond motifs is 1. The molecule has 28 heavy (non-hydrogen) atoms. The SMILES string of the molecule is CC[C@@H](C)CC(=O)c1cnn2c1CN(C(=O)Nc1ccc(F)c(F)c1)[C@H](C)C2. The number of anilines is 1. The fraction of sp³-hybridized carbons (Fsp3) is 0.450. The van der Waals surface area contributed by atoms with Crippen LogP contribution in [0, 0.1) is 17.6 Å². The third-order valence-corrected chi connectivity index (χ3v) is 5.20. The zero-order chi connectivity index (χ0) is 20.4. The van der Waals surface area contributed by atoms with E-state index in [-0.39, 0.29) is 30.0 Å². The number of Topliss-reactive ketones (excluding diaryl/α,β-unsaturated/α-hetero) is 1. The standard InChI is InChI=1S/C20H24F2N4O2/c1-4-12(2)7-19(27)15-9-23-26-10-13(3)25(11-18(15)26)20(28)24-14-5-6-16(21)17(22)8-14/h5-6,8-9,12-13H,4,7,10-11H2,1-3H3,(H,24,28)/t12-,13-/m1/s1. The van der Waals surface area contributed by atoms with E-state index in [4.69, 9.17) is 0 Å². The number of rotatable bonds is 5. The lowest BCUT2D eigenvalue weighted by atomic mass is 9.97. The van der Waals surface area contributed by atoms with Crippen molar-refractivity contribution in [3.63, 3.8) is 0 Å². The van der Waals surface area contributed by atoms with Crippen LogP contribution in [0.25, 0.3) is 0 Å². The Morgan fingerprint density at radius 3 is 2.75 bits per heavy atom. The summed E-state index contributed by atoms with van der Waals surface area (Å²) in [5, 5.41) is 6.90. The fourth-order valence-electron chi connectivity index (χ4n) is 3.25. The van der Waals surface area contributed by atoms with Gasteiger partial charge in [-0.3, -0.25) is 9.48 Å². The van der Waals surface area contributed by atoms with Crippen molar-refractivity contribution in [2.24, 2.45) is 5.92 Å². The van der Waals surface area contributed by atoms with Crippen LogP contribution in [0.3, 0.4) is 0 Å². The Morgan fingerprint density at radius 1 is 1.32 bits per heavy atom. The molecule has 2 atom stereocenters. The van der Waals surface area contributed by atoms with Gasteiger partial charge in [0.25, 0.3) is 0 Å². The summed E-state index contributed by atoms with van der Waals surface area (Å²) < 4.78 is 28.2. The minimum atomic E-state index is -1.03. The molecule has 8 heteroatoms. The van der Waals surface area contributed by atoms with E-state index in [1.54, 1.807) is 15.8 Å². The van der Waals surface area contributed by atoms with Crippen LogP contribution < -0.4 is 5.32 Å². The molecule has 0 aliphatic carbocycles. The molecule has 1 aliphatic heterocycles. The van der Waals surface area contributed by atoms with Crippen molar-refractivity contribution in [1.82, 2.24) is 14.7 Å². The first-order valence-corrected chi connectivity index (χ1v) is 9.40. The third kappa shape index (κ3) is 4.05. The number of benzene rings is 1. The molecular formula is C20H24F2N4O2. The molecule has 1 aromatic carbocycles.